The molecule has 16 heavy (non-hydrogen) atoms. The van der Waals surface area contributed by atoms with E-state index in [1.54, 1.807) is 6.26 Å². The van der Waals surface area contributed by atoms with Crippen molar-refractivity contribution in [2.45, 2.75) is 13.0 Å². The van der Waals surface area contributed by atoms with Gasteiger partial charge in [-0.3, -0.25) is 4.21 Å². The fraction of sp³-hybridized carbons (Fsp3) is 0.455. The van der Waals surface area contributed by atoms with Crippen LogP contribution in [0.1, 0.15) is 12.0 Å². The smallest absolute Gasteiger partial charge is 0.130 e. The highest BCUT2D eigenvalue weighted by atomic mass is 32.2. The van der Waals surface area contributed by atoms with E-state index < -0.39 is 22.4 Å². The van der Waals surface area contributed by atoms with Crippen LogP contribution in [0.2, 0.25) is 0 Å². The van der Waals surface area contributed by atoms with E-state index in [0.29, 0.717) is 12.3 Å². The summed E-state index contributed by atoms with van der Waals surface area (Å²) in [5, 5.41) is 2.92. The molecule has 2 nitrogen and oxygen atoms in total. The largest absolute Gasteiger partial charge is 0.312 e. The Bertz CT molecular complexity index is 351. The third-order valence-electron chi connectivity index (χ3n) is 2.15. The molecule has 0 heterocycles. The SMILES string of the molecule is CS(=O)CCCNCc1c(F)cccc1F. The van der Waals surface area contributed by atoms with Crippen molar-refractivity contribution in [2.24, 2.45) is 0 Å². The van der Waals surface area contributed by atoms with Gasteiger partial charge in [0.1, 0.15) is 11.6 Å². The maximum Gasteiger partial charge on any atom is 0.130 e. The van der Waals surface area contributed by atoms with Crippen molar-refractivity contribution in [3.63, 3.8) is 0 Å². The van der Waals surface area contributed by atoms with Gasteiger partial charge in [-0.05, 0) is 25.1 Å². The summed E-state index contributed by atoms with van der Waals surface area (Å²) < 4.78 is 37.1. The van der Waals surface area contributed by atoms with Crippen LogP contribution in [-0.2, 0) is 17.3 Å². The van der Waals surface area contributed by atoms with Crippen molar-refractivity contribution < 1.29 is 13.0 Å². The van der Waals surface area contributed by atoms with Gasteiger partial charge >= 0.3 is 0 Å². The summed E-state index contributed by atoms with van der Waals surface area (Å²) in [7, 11) is -0.810. The first-order chi connectivity index (χ1) is 7.61. The average molecular weight is 247 g/mol. The molecule has 1 aromatic rings. The van der Waals surface area contributed by atoms with Crippen molar-refractivity contribution >= 4 is 10.8 Å². The van der Waals surface area contributed by atoms with Crippen LogP contribution >= 0.6 is 0 Å². The van der Waals surface area contributed by atoms with Crippen LogP contribution < -0.4 is 5.32 Å². The minimum absolute atomic E-state index is 0.0557. The second-order valence-electron chi connectivity index (χ2n) is 3.51. The Hall–Kier alpha value is -0.810. The Kier molecular flexibility index (Phi) is 5.55. The van der Waals surface area contributed by atoms with Gasteiger partial charge in [0.25, 0.3) is 0 Å². The summed E-state index contributed by atoms with van der Waals surface area (Å²) in [6, 6.07) is 3.82. The summed E-state index contributed by atoms with van der Waals surface area (Å²) in [5.74, 6) is -0.467. The molecule has 0 amide bonds. The lowest BCUT2D eigenvalue weighted by molar-refractivity contribution is 0.535. The molecule has 0 aromatic heterocycles. The summed E-state index contributed by atoms with van der Waals surface area (Å²) in [6.07, 6.45) is 2.37. The minimum Gasteiger partial charge on any atom is -0.312 e. The number of rotatable bonds is 6. The van der Waals surface area contributed by atoms with Crippen molar-refractivity contribution in [1.82, 2.24) is 5.32 Å². The van der Waals surface area contributed by atoms with E-state index in [0.717, 1.165) is 6.42 Å². The topological polar surface area (TPSA) is 29.1 Å². The Morgan fingerprint density at radius 3 is 2.50 bits per heavy atom. The summed E-state index contributed by atoms with van der Waals surface area (Å²) in [4.78, 5) is 0. The first kappa shape index (κ1) is 13.3. The quantitative estimate of drug-likeness (QED) is 0.777. The molecule has 5 heteroatoms. The number of nitrogens with one attached hydrogen (secondary N) is 1. The van der Waals surface area contributed by atoms with E-state index >= 15 is 0 Å². The van der Waals surface area contributed by atoms with Crippen LogP contribution in [0.5, 0.6) is 0 Å². The van der Waals surface area contributed by atoms with Crippen LogP contribution in [0, 0.1) is 11.6 Å². The molecule has 1 atom stereocenters. The summed E-state index contributed by atoms with van der Waals surface area (Å²) >= 11 is 0. The maximum atomic E-state index is 13.2. The molecule has 0 saturated carbocycles. The monoisotopic (exact) mass is 247 g/mol. The second kappa shape index (κ2) is 6.70. The van der Waals surface area contributed by atoms with Crippen LogP contribution in [0.3, 0.4) is 0 Å². The normalized spacial score (nSPS) is 12.7. The molecule has 0 radical (unpaired) electrons. The first-order valence-corrected chi connectivity index (χ1v) is 6.77. The molecule has 0 spiro atoms. The first-order valence-electron chi connectivity index (χ1n) is 5.05. The fourth-order valence-corrected chi connectivity index (χ4v) is 1.87. The molecule has 0 saturated heterocycles. The molecule has 1 rings (SSSR count). The van der Waals surface area contributed by atoms with Crippen LogP contribution in [-0.4, -0.2) is 22.8 Å². The van der Waals surface area contributed by atoms with Crippen molar-refractivity contribution in [2.75, 3.05) is 18.6 Å². The number of hydrogen-bond donors (Lipinski definition) is 1. The third-order valence-corrected chi connectivity index (χ3v) is 3.01. The van der Waals surface area contributed by atoms with Crippen molar-refractivity contribution in [1.29, 1.82) is 0 Å². The fourth-order valence-electron chi connectivity index (χ4n) is 1.32. The number of benzene rings is 1. The van der Waals surface area contributed by atoms with Crippen LogP contribution in [0.25, 0.3) is 0 Å². The van der Waals surface area contributed by atoms with Gasteiger partial charge in [-0.15, -0.1) is 0 Å². The minimum atomic E-state index is -0.810. The van der Waals surface area contributed by atoms with Gasteiger partial charge in [-0.25, -0.2) is 8.78 Å². The molecule has 0 bridgehead atoms. The number of halogens is 2. The lowest BCUT2D eigenvalue weighted by atomic mass is 10.2. The van der Waals surface area contributed by atoms with E-state index in [-0.39, 0.29) is 12.1 Å². The van der Waals surface area contributed by atoms with Crippen molar-refractivity contribution in [3.8, 4) is 0 Å². The molecular weight excluding hydrogens is 232 g/mol. The Morgan fingerprint density at radius 1 is 1.31 bits per heavy atom. The molecule has 0 aliphatic heterocycles. The summed E-state index contributed by atoms with van der Waals surface area (Å²) in [5.41, 5.74) is 0.0557. The van der Waals surface area contributed by atoms with Gasteiger partial charge in [-0.1, -0.05) is 6.07 Å². The lowest BCUT2D eigenvalue weighted by Crippen LogP contribution is -2.18. The van der Waals surface area contributed by atoms with Crippen LogP contribution in [0.15, 0.2) is 18.2 Å². The summed E-state index contributed by atoms with van der Waals surface area (Å²) in [6.45, 7) is 0.766. The molecule has 0 aliphatic rings. The van der Waals surface area contributed by atoms with Gasteiger partial charge in [0.2, 0.25) is 0 Å². The van der Waals surface area contributed by atoms with Gasteiger partial charge in [0.15, 0.2) is 0 Å². The van der Waals surface area contributed by atoms with Gasteiger partial charge in [0, 0.05) is 34.9 Å². The maximum absolute atomic E-state index is 13.2. The molecular formula is C11H15F2NOS. The highest BCUT2D eigenvalue weighted by Gasteiger charge is 2.06. The standard InChI is InChI=1S/C11H15F2NOS/c1-16(15)7-3-6-14-8-9-10(12)4-2-5-11(9)13/h2,4-5,14H,3,6-8H2,1H3. The Morgan fingerprint density at radius 2 is 1.94 bits per heavy atom. The van der Waals surface area contributed by atoms with Gasteiger partial charge in [0.05, 0.1) is 0 Å². The van der Waals surface area contributed by atoms with E-state index in [1.807, 2.05) is 0 Å². The molecule has 0 fully saturated rings. The Labute approximate surface area is 96.5 Å². The van der Waals surface area contributed by atoms with E-state index in [2.05, 4.69) is 5.32 Å². The van der Waals surface area contributed by atoms with E-state index in [1.165, 1.54) is 18.2 Å². The zero-order valence-electron chi connectivity index (χ0n) is 9.13. The van der Waals surface area contributed by atoms with E-state index in [9.17, 15) is 13.0 Å². The lowest BCUT2D eigenvalue weighted by Gasteiger charge is -2.06. The second-order valence-corrected chi connectivity index (χ2v) is 5.06. The molecule has 1 aromatic carbocycles. The highest BCUT2D eigenvalue weighted by molar-refractivity contribution is 7.84. The van der Waals surface area contributed by atoms with Crippen molar-refractivity contribution in [3.05, 3.63) is 35.4 Å². The van der Waals surface area contributed by atoms with E-state index in [4.69, 9.17) is 0 Å². The van der Waals surface area contributed by atoms with Crippen LogP contribution in [0.4, 0.5) is 8.78 Å². The predicted molar refractivity (Wildman–Crippen MR) is 61.6 cm³/mol. The molecule has 1 N–H and O–H groups in total. The molecule has 1 unspecified atom stereocenters. The zero-order chi connectivity index (χ0) is 12.0. The van der Waals surface area contributed by atoms with Gasteiger partial charge < -0.3 is 5.32 Å². The Balaban J connectivity index is 2.34. The zero-order valence-corrected chi connectivity index (χ0v) is 9.95. The molecule has 90 valence electrons. The third kappa shape index (κ3) is 4.37. The highest BCUT2D eigenvalue weighted by Crippen LogP contribution is 2.11. The number of hydrogen-bond acceptors (Lipinski definition) is 2. The molecule has 0 aliphatic carbocycles. The predicted octanol–water partition coefficient (Wildman–Crippen LogP) is 1.82. The van der Waals surface area contributed by atoms with Gasteiger partial charge in [-0.2, -0.15) is 0 Å². The average Bonchev–Trinajstić information content (AvgIpc) is 2.21.